The van der Waals surface area contributed by atoms with Crippen LogP contribution in [0.15, 0.2) is 78.9 Å². The van der Waals surface area contributed by atoms with Gasteiger partial charge in [0.1, 0.15) is 0 Å². The Morgan fingerprint density at radius 1 is 0.533 bits per heavy atom. The number of ether oxygens (including phenoxy) is 6. The zero-order valence-electron chi connectivity index (χ0n) is 26.4. The van der Waals surface area contributed by atoms with Crippen LogP contribution in [0.2, 0.25) is 0 Å². The quantitative estimate of drug-likeness (QED) is 0.157. The summed E-state index contributed by atoms with van der Waals surface area (Å²) in [7, 11) is 9.26. The van der Waals surface area contributed by atoms with E-state index in [1.807, 2.05) is 13.0 Å². The molecule has 2 amide bonds. The lowest BCUT2D eigenvalue weighted by Gasteiger charge is -2.12. The van der Waals surface area contributed by atoms with Crippen molar-refractivity contribution >= 4 is 35.3 Å². The predicted molar refractivity (Wildman–Crippen MR) is 177 cm³/mol. The van der Waals surface area contributed by atoms with Crippen LogP contribution in [0, 0.1) is 6.92 Å². The number of benzene rings is 3. The molecule has 0 spiro atoms. The summed E-state index contributed by atoms with van der Waals surface area (Å²) in [5, 5.41) is 5.63. The number of rotatable bonds is 14. The third-order valence-electron chi connectivity index (χ3n) is 6.36. The van der Waals surface area contributed by atoms with Crippen molar-refractivity contribution in [3.8, 4) is 34.5 Å². The van der Waals surface area contributed by atoms with Gasteiger partial charge < -0.3 is 39.1 Å². The average Bonchev–Trinajstić information content (AvgIpc) is 3.05. The van der Waals surface area contributed by atoms with Gasteiger partial charge in [0, 0.05) is 12.2 Å². The van der Waals surface area contributed by atoms with Gasteiger partial charge in [0.15, 0.2) is 23.0 Å². The van der Waals surface area contributed by atoms with Crippen molar-refractivity contribution in [2.45, 2.75) is 6.92 Å². The maximum absolute atomic E-state index is 12.7. The van der Waals surface area contributed by atoms with Crippen molar-refractivity contribution in [3.63, 3.8) is 0 Å². The number of methoxy groups -OCH3 is 6. The van der Waals surface area contributed by atoms with Crippen LogP contribution >= 0.6 is 0 Å². The molecule has 0 saturated carbocycles. The third kappa shape index (κ3) is 9.42. The van der Waals surface area contributed by atoms with E-state index in [-0.39, 0.29) is 11.8 Å². The maximum Gasteiger partial charge on any atom is 0.248 e. The van der Waals surface area contributed by atoms with Crippen LogP contribution in [-0.2, 0) is 9.59 Å². The van der Waals surface area contributed by atoms with E-state index in [1.165, 1.54) is 26.4 Å². The Bertz CT molecular complexity index is 1570. The van der Waals surface area contributed by atoms with Crippen LogP contribution < -0.4 is 39.1 Å². The average molecular weight is 615 g/mol. The van der Waals surface area contributed by atoms with Crippen molar-refractivity contribution in [3.05, 3.63) is 95.6 Å². The highest BCUT2D eigenvalue weighted by Gasteiger charge is 2.13. The Labute approximate surface area is 263 Å². The fourth-order valence-corrected chi connectivity index (χ4v) is 4.23. The Kier molecular flexibility index (Phi) is 12.7. The molecule has 3 aromatic carbocycles. The largest absolute Gasteiger partial charge is 0.493 e. The highest BCUT2D eigenvalue weighted by atomic mass is 16.5. The number of hydrogen-bond acceptors (Lipinski definition) is 8. The van der Waals surface area contributed by atoms with Gasteiger partial charge in [0.25, 0.3) is 0 Å². The molecule has 0 atom stereocenters. The van der Waals surface area contributed by atoms with Crippen LogP contribution in [0.3, 0.4) is 0 Å². The van der Waals surface area contributed by atoms with Gasteiger partial charge >= 0.3 is 0 Å². The molecule has 0 aromatic heterocycles. The lowest BCUT2D eigenvalue weighted by atomic mass is 10.1. The second-order valence-electron chi connectivity index (χ2n) is 9.38. The Hall–Kier alpha value is -5.64. The van der Waals surface area contributed by atoms with Crippen molar-refractivity contribution < 1.29 is 38.0 Å². The van der Waals surface area contributed by atoms with E-state index < -0.39 is 0 Å². The van der Waals surface area contributed by atoms with Crippen LogP contribution in [0.5, 0.6) is 34.5 Å². The fourth-order valence-electron chi connectivity index (χ4n) is 4.23. The van der Waals surface area contributed by atoms with Gasteiger partial charge in [-0.05, 0) is 60.0 Å². The summed E-state index contributed by atoms with van der Waals surface area (Å²) in [6.07, 6.45) is 13.0. The first kappa shape index (κ1) is 33.9. The first-order chi connectivity index (χ1) is 21.8. The smallest absolute Gasteiger partial charge is 0.248 e. The molecule has 236 valence electrons. The summed E-state index contributed by atoms with van der Waals surface area (Å²) in [4.78, 5) is 25.3. The van der Waals surface area contributed by atoms with Crippen molar-refractivity contribution in [1.29, 1.82) is 0 Å². The molecule has 0 bridgehead atoms. The van der Waals surface area contributed by atoms with Crippen LogP contribution in [0.4, 0.5) is 11.4 Å². The SMILES string of the molecule is COc1cc(/C=C/C=C/C(=O)Nc2ccc(C)cc2NC(=O)/C=C/C=C/c2cc(OC)c(OC)c(OC)c2)cc(OC)c1OC. The number of anilines is 2. The minimum atomic E-state index is -0.368. The van der Waals surface area contributed by atoms with E-state index in [0.717, 1.165) is 16.7 Å². The van der Waals surface area contributed by atoms with E-state index >= 15 is 0 Å². The zero-order valence-corrected chi connectivity index (χ0v) is 26.4. The van der Waals surface area contributed by atoms with E-state index in [0.29, 0.717) is 45.9 Å². The van der Waals surface area contributed by atoms with E-state index in [2.05, 4.69) is 10.6 Å². The molecule has 0 aliphatic carbocycles. The van der Waals surface area contributed by atoms with Gasteiger partial charge in [-0.1, -0.05) is 42.5 Å². The number of amides is 2. The number of nitrogens with one attached hydrogen (secondary N) is 2. The minimum Gasteiger partial charge on any atom is -0.493 e. The Balaban J connectivity index is 1.65. The minimum absolute atomic E-state index is 0.366. The lowest BCUT2D eigenvalue weighted by molar-refractivity contribution is -0.112. The van der Waals surface area contributed by atoms with Crippen molar-refractivity contribution in [2.24, 2.45) is 0 Å². The number of carbonyl (C=O) groups is 2. The highest BCUT2D eigenvalue weighted by molar-refractivity contribution is 6.06. The highest BCUT2D eigenvalue weighted by Crippen LogP contribution is 2.39. The Morgan fingerprint density at radius 3 is 1.31 bits per heavy atom. The van der Waals surface area contributed by atoms with Gasteiger partial charge in [-0.15, -0.1) is 0 Å². The molecule has 10 heteroatoms. The van der Waals surface area contributed by atoms with E-state index in [4.69, 9.17) is 28.4 Å². The second kappa shape index (κ2) is 16.9. The van der Waals surface area contributed by atoms with Gasteiger partial charge in [-0.25, -0.2) is 0 Å². The van der Waals surface area contributed by atoms with Crippen LogP contribution in [-0.4, -0.2) is 54.5 Å². The molecule has 45 heavy (non-hydrogen) atoms. The molecule has 0 fully saturated rings. The molecule has 3 aromatic rings. The third-order valence-corrected chi connectivity index (χ3v) is 6.36. The molecule has 0 heterocycles. The van der Waals surface area contributed by atoms with Gasteiger partial charge in [-0.3, -0.25) is 9.59 Å². The predicted octanol–water partition coefficient (Wildman–Crippen LogP) is 6.46. The molecule has 3 rings (SSSR count). The molecule has 10 nitrogen and oxygen atoms in total. The van der Waals surface area contributed by atoms with E-state index in [1.54, 1.807) is 101 Å². The number of aryl methyl sites for hydroxylation is 1. The maximum atomic E-state index is 12.7. The summed E-state index contributed by atoms with van der Waals surface area (Å²) in [6, 6.07) is 12.5. The van der Waals surface area contributed by atoms with Gasteiger partial charge in [0.05, 0.1) is 54.0 Å². The second-order valence-corrected chi connectivity index (χ2v) is 9.38. The normalized spacial score (nSPS) is 11.3. The summed E-state index contributed by atoms with van der Waals surface area (Å²) in [5.74, 6) is 2.36. The number of hydrogen-bond donors (Lipinski definition) is 2. The Morgan fingerprint density at radius 2 is 0.933 bits per heavy atom. The molecule has 0 saturated heterocycles. The molecular formula is C35H38N2O8. The summed E-state index contributed by atoms with van der Waals surface area (Å²) >= 11 is 0. The molecule has 0 aliphatic rings. The summed E-state index contributed by atoms with van der Waals surface area (Å²) in [5.41, 5.74) is 3.43. The first-order valence-electron chi connectivity index (χ1n) is 13.8. The lowest BCUT2D eigenvalue weighted by Crippen LogP contribution is -2.13. The fraction of sp³-hybridized carbons (Fsp3) is 0.200. The number of allylic oxidation sites excluding steroid dienone is 4. The molecule has 0 aliphatic heterocycles. The molecular weight excluding hydrogens is 576 g/mol. The first-order valence-corrected chi connectivity index (χ1v) is 13.8. The van der Waals surface area contributed by atoms with Crippen LogP contribution in [0.1, 0.15) is 16.7 Å². The number of carbonyl (C=O) groups excluding carboxylic acids is 2. The topological polar surface area (TPSA) is 114 Å². The molecule has 0 unspecified atom stereocenters. The summed E-state index contributed by atoms with van der Waals surface area (Å²) < 4.78 is 32.2. The monoisotopic (exact) mass is 614 g/mol. The van der Waals surface area contributed by atoms with E-state index in [9.17, 15) is 9.59 Å². The van der Waals surface area contributed by atoms with Crippen molar-refractivity contribution in [2.75, 3.05) is 53.3 Å². The van der Waals surface area contributed by atoms with Crippen LogP contribution in [0.25, 0.3) is 12.2 Å². The van der Waals surface area contributed by atoms with Gasteiger partial charge in [0.2, 0.25) is 23.3 Å². The molecule has 0 radical (unpaired) electrons. The molecule has 2 N–H and O–H groups in total. The zero-order chi connectivity index (χ0) is 32.8. The summed E-state index contributed by atoms with van der Waals surface area (Å²) in [6.45, 7) is 1.89. The van der Waals surface area contributed by atoms with Crippen molar-refractivity contribution in [1.82, 2.24) is 0 Å². The standard InChI is InChI=1S/C35H38N2O8/c1-23-16-17-26(36-32(38)14-10-8-12-24-19-28(40-2)34(44-6)29(20-24)41-3)27(18-23)37-33(39)15-11-9-13-25-21-30(42-4)35(45-7)31(22-25)43-5/h8-22H,1-7H3,(H,36,38)(H,37,39)/b12-8+,13-9+,14-10+,15-11+. The van der Waals surface area contributed by atoms with Gasteiger partial charge in [-0.2, -0.15) is 0 Å².